The molecule has 0 aliphatic carbocycles. The fourth-order valence-electron chi connectivity index (χ4n) is 4.36. The summed E-state index contributed by atoms with van der Waals surface area (Å²) in [6, 6.07) is 0. The Hall–Kier alpha value is -1.24. The number of unbranched alkanes of at least 4 members (excludes halogenated alkanes) is 8. The van der Waals surface area contributed by atoms with E-state index in [0.717, 1.165) is 64.7 Å². The minimum absolute atomic E-state index is 0.293. The van der Waals surface area contributed by atoms with Crippen molar-refractivity contribution in [3.05, 3.63) is 48.6 Å². The van der Waals surface area contributed by atoms with Gasteiger partial charge in [-0.2, -0.15) is 0 Å². The molecule has 0 fully saturated rings. The zero-order chi connectivity index (χ0) is 29.4. The Morgan fingerprint density at radius 2 is 0.950 bits per heavy atom. The van der Waals surface area contributed by atoms with Gasteiger partial charge in [-0.25, -0.2) is 0 Å². The molecule has 0 saturated carbocycles. The number of allylic oxidation sites excluding steroid dienone is 8. The standard InChI is InChI=1S/C35H67N3O2/c1-4-6-8-10-12-14-16-18-20-22-24-26-34(39)32-36-28-30-38(3)31-29-37-33-35(40)27-25-23-21-19-17-15-13-11-9-7-5-2/h14-17,20-23,34-37,39-40H,4-13,18-19,24-33H2,1-3H3/b16-14-,17-15-,22-20-,23-21-. The summed E-state index contributed by atoms with van der Waals surface area (Å²) in [5.74, 6) is 0. The third kappa shape index (κ3) is 31.3. The maximum atomic E-state index is 10.2. The van der Waals surface area contributed by atoms with Gasteiger partial charge in [-0.05, 0) is 71.3 Å². The number of aliphatic hydroxyl groups excluding tert-OH is 2. The van der Waals surface area contributed by atoms with E-state index < -0.39 is 0 Å². The van der Waals surface area contributed by atoms with Crippen molar-refractivity contribution in [2.45, 2.75) is 129 Å². The summed E-state index contributed by atoms with van der Waals surface area (Å²) >= 11 is 0. The molecule has 0 rings (SSSR count). The molecule has 0 aromatic rings. The van der Waals surface area contributed by atoms with Crippen molar-refractivity contribution in [1.82, 2.24) is 15.5 Å². The SMILES string of the molecule is CCCCCC/C=C\C/C=C\CCC(O)CNCCN(C)CCNCC(O)CC/C=C\C/C=C\CCCCCC. The van der Waals surface area contributed by atoms with Crippen LogP contribution >= 0.6 is 0 Å². The minimum Gasteiger partial charge on any atom is -0.392 e. The highest BCUT2D eigenvalue weighted by Crippen LogP contribution is 2.05. The van der Waals surface area contributed by atoms with Crippen LogP contribution in [0.3, 0.4) is 0 Å². The number of nitrogens with one attached hydrogen (secondary N) is 2. The Morgan fingerprint density at radius 3 is 1.35 bits per heavy atom. The first-order valence-corrected chi connectivity index (χ1v) is 16.7. The van der Waals surface area contributed by atoms with E-state index in [1.54, 1.807) is 0 Å². The van der Waals surface area contributed by atoms with Crippen LogP contribution in [0.15, 0.2) is 48.6 Å². The van der Waals surface area contributed by atoms with E-state index in [1.807, 2.05) is 0 Å². The lowest BCUT2D eigenvalue weighted by Crippen LogP contribution is -2.38. The Labute approximate surface area is 249 Å². The van der Waals surface area contributed by atoms with Gasteiger partial charge in [-0.1, -0.05) is 101 Å². The van der Waals surface area contributed by atoms with Gasteiger partial charge in [0.15, 0.2) is 0 Å². The molecular formula is C35H67N3O2. The molecule has 5 nitrogen and oxygen atoms in total. The van der Waals surface area contributed by atoms with Crippen LogP contribution in [0.1, 0.15) is 117 Å². The second kappa shape index (κ2) is 32.3. The van der Waals surface area contributed by atoms with Crippen molar-refractivity contribution in [3.8, 4) is 0 Å². The molecule has 0 aliphatic heterocycles. The highest BCUT2D eigenvalue weighted by Gasteiger charge is 2.04. The number of hydrogen-bond donors (Lipinski definition) is 4. The number of hydrogen-bond acceptors (Lipinski definition) is 5. The normalized spacial score (nSPS) is 14.2. The molecule has 2 atom stereocenters. The van der Waals surface area contributed by atoms with Crippen molar-refractivity contribution < 1.29 is 10.2 Å². The largest absolute Gasteiger partial charge is 0.392 e. The monoisotopic (exact) mass is 562 g/mol. The second-order valence-corrected chi connectivity index (χ2v) is 11.2. The van der Waals surface area contributed by atoms with Crippen molar-refractivity contribution in [3.63, 3.8) is 0 Å². The molecule has 0 saturated heterocycles. The summed E-state index contributed by atoms with van der Waals surface area (Å²) in [7, 11) is 2.12. The highest BCUT2D eigenvalue weighted by molar-refractivity contribution is 4.94. The molecule has 2 unspecified atom stereocenters. The third-order valence-electron chi connectivity index (χ3n) is 7.09. The zero-order valence-electron chi connectivity index (χ0n) is 26.7. The Morgan fingerprint density at radius 1 is 0.550 bits per heavy atom. The van der Waals surface area contributed by atoms with Crippen molar-refractivity contribution in [2.24, 2.45) is 0 Å². The fraction of sp³-hybridized carbons (Fsp3) is 0.771. The molecule has 0 spiro atoms. The predicted octanol–water partition coefficient (Wildman–Crippen LogP) is 7.33. The van der Waals surface area contributed by atoms with E-state index in [2.05, 4.69) is 85.0 Å². The van der Waals surface area contributed by atoms with Gasteiger partial charge in [0.05, 0.1) is 12.2 Å². The molecule has 40 heavy (non-hydrogen) atoms. The van der Waals surface area contributed by atoms with E-state index in [1.165, 1.54) is 64.2 Å². The molecule has 234 valence electrons. The van der Waals surface area contributed by atoms with Gasteiger partial charge in [-0.3, -0.25) is 0 Å². The van der Waals surface area contributed by atoms with Gasteiger partial charge < -0.3 is 25.7 Å². The van der Waals surface area contributed by atoms with Gasteiger partial charge >= 0.3 is 0 Å². The second-order valence-electron chi connectivity index (χ2n) is 11.2. The van der Waals surface area contributed by atoms with Crippen molar-refractivity contribution >= 4 is 0 Å². The molecular weight excluding hydrogens is 494 g/mol. The molecule has 0 heterocycles. The lowest BCUT2D eigenvalue weighted by Gasteiger charge is -2.19. The van der Waals surface area contributed by atoms with Crippen molar-refractivity contribution in [1.29, 1.82) is 0 Å². The van der Waals surface area contributed by atoms with Crippen LogP contribution in [-0.2, 0) is 0 Å². The molecule has 0 aromatic heterocycles. The molecule has 0 radical (unpaired) electrons. The highest BCUT2D eigenvalue weighted by atomic mass is 16.3. The summed E-state index contributed by atoms with van der Waals surface area (Å²) in [6.07, 6.45) is 35.8. The van der Waals surface area contributed by atoms with E-state index in [0.29, 0.717) is 13.1 Å². The van der Waals surface area contributed by atoms with Crippen LogP contribution in [-0.4, -0.2) is 73.6 Å². The summed E-state index contributed by atoms with van der Waals surface area (Å²) < 4.78 is 0. The first kappa shape index (κ1) is 38.8. The molecule has 0 bridgehead atoms. The van der Waals surface area contributed by atoms with E-state index in [-0.39, 0.29) is 12.2 Å². The van der Waals surface area contributed by atoms with E-state index >= 15 is 0 Å². The topological polar surface area (TPSA) is 67.8 Å². The van der Waals surface area contributed by atoms with Crippen LogP contribution in [0.25, 0.3) is 0 Å². The first-order valence-electron chi connectivity index (χ1n) is 16.7. The quantitative estimate of drug-likeness (QED) is 0.0546. The van der Waals surface area contributed by atoms with Crippen LogP contribution < -0.4 is 10.6 Å². The van der Waals surface area contributed by atoms with Crippen LogP contribution in [0, 0.1) is 0 Å². The Balaban J connectivity index is 3.54. The first-order chi connectivity index (χ1) is 19.6. The van der Waals surface area contributed by atoms with Gasteiger partial charge in [0, 0.05) is 39.3 Å². The zero-order valence-corrected chi connectivity index (χ0v) is 26.7. The van der Waals surface area contributed by atoms with Crippen LogP contribution in [0.5, 0.6) is 0 Å². The lowest BCUT2D eigenvalue weighted by atomic mass is 10.1. The molecule has 4 N–H and O–H groups in total. The van der Waals surface area contributed by atoms with E-state index in [4.69, 9.17) is 0 Å². The van der Waals surface area contributed by atoms with Gasteiger partial charge in [-0.15, -0.1) is 0 Å². The van der Waals surface area contributed by atoms with Crippen LogP contribution in [0.2, 0.25) is 0 Å². The number of aliphatic hydroxyl groups is 2. The maximum Gasteiger partial charge on any atom is 0.0667 e. The Kier molecular flexibility index (Phi) is 31.3. The predicted molar refractivity (Wildman–Crippen MR) is 177 cm³/mol. The molecule has 0 amide bonds. The molecule has 0 aliphatic rings. The average molecular weight is 562 g/mol. The van der Waals surface area contributed by atoms with Crippen molar-refractivity contribution in [2.75, 3.05) is 46.3 Å². The Bertz CT molecular complexity index is 566. The fourth-order valence-corrected chi connectivity index (χ4v) is 4.36. The summed E-state index contributed by atoms with van der Waals surface area (Å²) in [4.78, 5) is 2.28. The lowest BCUT2D eigenvalue weighted by molar-refractivity contribution is 0.159. The number of rotatable bonds is 30. The minimum atomic E-state index is -0.293. The number of nitrogens with zero attached hydrogens (tertiary/aromatic N) is 1. The summed E-state index contributed by atoms with van der Waals surface area (Å²) in [6.45, 7) is 9.42. The number of likely N-dealkylation sites (N-methyl/N-ethyl adjacent to an activating group) is 1. The third-order valence-corrected chi connectivity index (χ3v) is 7.09. The summed E-state index contributed by atoms with van der Waals surface area (Å²) in [5.41, 5.74) is 0. The smallest absolute Gasteiger partial charge is 0.0667 e. The average Bonchev–Trinajstić information content (AvgIpc) is 2.95. The van der Waals surface area contributed by atoms with Gasteiger partial charge in [0.2, 0.25) is 0 Å². The molecule has 0 aromatic carbocycles. The van der Waals surface area contributed by atoms with E-state index in [9.17, 15) is 10.2 Å². The summed E-state index contributed by atoms with van der Waals surface area (Å²) in [5, 5.41) is 27.1. The maximum absolute atomic E-state index is 10.2. The van der Waals surface area contributed by atoms with Crippen LogP contribution in [0.4, 0.5) is 0 Å². The molecule has 5 heteroatoms. The van der Waals surface area contributed by atoms with Gasteiger partial charge in [0.25, 0.3) is 0 Å². The van der Waals surface area contributed by atoms with Gasteiger partial charge in [0.1, 0.15) is 0 Å².